The minimum Gasteiger partial charge on any atom is -0.481 e. The Kier molecular flexibility index (Phi) is 8.25. The third-order valence-corrected chi connectivity index (χ3v) is 3.73. The molecule has 0 radical (unpaired) electrons. The maximum absolute atomic E-state index is 13.1. The summed E-state index contributed by atoms with van der Waals surface area (Å²) in [6, 6.07) is 0. The molecule has 2 atom stereocenters. The fourth-order valence-electron chi connectivity index (χ4n) is 2.57. The van der Waals surface area contributed by atoms with Gasteiger partial charge in [-0.2, -0.15) is 26.3 Å². The minimum atomic E-state index is -4.96. The Labute approximate surface area is 125 Å². The normalized spacial score (nSPS) is 17.1. The fraction of sp³-hybridized carbons (Fsp3) is 0.929. The molecular formula is C14H22F6O2. The van der Waals surface area contributed by atoms with E-state index in [0.29, 0.717) is 12.8 Å². The Morgan fingerprint density at radius 1 is 0.864 bits per heavy atom. The Bertz CT molecular complexity index is 311. The largest absolute Gasteiger partial charge is 0.481 e. The van der Waals surface area contributed by atoms with Crippen molar-refractivity contribution < 1.29 is 36.2 Å². The summed E-state index contributed by atoms with van der Waals surface area (Å²) in [5, 5.41) is 9.04. The summed E-state index contributed by atoms with van der Waals surface area (Å²) in [5.74, 6) is -9.48. The lowest BCUT2D eigenvalue weighted by Gasteiger charge is -2.33. The van der Waals surface area contributed by atoms with Gasteiger partial charge in [0.05, 0.1) is 17.8 Å². The third kappa shape index (κ3) is 6.44. The lowest BCUT2D eigenvalue weighted by molar-refractivity contribution is -0.239. The molecule has 132 valence electrons. The highest BCUT2D eigenvalue weighted by Crippen LogP contribution is 2.46. The van der Waals surface area contributed by atoms with E-state index in [0.717, 1.165) is 0 Å². The Morgan fingerprint density at radius 2 is 1.18 bits per heavy atom. The summed E-state index contributed by atoms with van der Waals surface area (Å²) in [6.07, 6.45) is -10.4. The van der Waals surface area contributed by atoms with Crippen LogP contribution >= 0.6 is 0 Å². The molecule has 0 aromatic carbocycles. The zero-order valence-electron chi connectivity index (χ0n) is 12.6. The Hall–Kier alpha value is -0.950. The predicted octanol–water partition coefficient (Wildman–Crippen LogP) is 5.42. The van der Waals surface area contributed by atoms with Crippen molar-refractivity contribution >= 4 is 5.97 Å². The average Bonchev–Trinajstić information content (AvgIpc) is 2.33. The summed E-state index contributed by atoms with van der Waals surface area (Å²) in [4.78, 5) is 11.2. The highest BCUT2D eigenvalue weighted by atomic mass is 19.4. The van der Waals surface area contributed by atoms with Crippen molar-refractivity contribution in [1.29, 1.82) is 0 Å². The second-order valence-electron chi connectivity index (χ2n) is 5.44. The molecule has 0 aromatic heterocycles. The minimum absolute atomic E-state index is 0.0340. The van der Waals surface area contributed by atoms with Gasteiger partial charge in [-0.3, -0.25) is 4.79 Å². The number of rotatable bonds is 9. The van der Waals surface area contributed by atoms with Gasteiger partial charge in [-0.05, 0) is 12.8 Å². The molecule has 2 nitrogen and oxygen atoms in total. The van der Waals surface area contributed by atoms with E-state index in [1.807, 2.05) is 0 Å². The van der Waals surface area contributed by atoms with Gasteiger partial charge >= 0.3 is 18.3 Å². The van der Waals surface area contributed by atoms with Crippen LogP contribution < -0.4 is 0 Å². The van der Waals surface area contributed by atoms with Gasteiger partial charge < -0.3 is 5.11 Å². The molecule has 0 aliphatic carbocycles. The molecule has 0 aliphatic heterocycles. The van der Waals surface area contributed by atoms with Gasteiger partial charge in [0.2, 0.25) is 0 Å². The SMILES string of the molecule is CCCCC(C(C(=O)O)C(CCCC)C(F)(F)F)C(F)(F)F. The summed E-state index contributed by atoms with van der Waals surface area (Å²) >= 11 is 0. The van der Waals surface area contributed by atoms with E-state index in [-0.39, 0.29) is 12.8 Å². The van der Waals surface area contributed by atoms with Crippen LogP contribution in [0.5, 0.6) is 0 Å². The van der Waals surface area contributed by atoms with Crippen molar-refractivity contribution in [3.05, 3.63) is 0 Å². The smallest absolute Gasteiger partial charge is 0.392 e. The van der Waals surface area contributed by atoms with Crippen molar-refractivity contribution in [3.63, 3.8) is 0 Å². The monoisotopic (exact) mass is 336 g/mol. The first-order chi connectivity index (χ1) is 9.96. The summed E-state index contributed by atoms with van der Waals surface area (Å²) < 4.78 is 78.6. The van der Waals surface area contributed by atoms with Crippen LogP contribution in [-0.2, 0) is 4.79 Å². The number of alkyl halides is 6. The first-order valence-corrected chi connectivity index (χ1v) is 7.33. The molecule has 22 heavy (non-hydrogen) atoms. The number of carboxylic acids is 1. The van der Waals surface area contributed by atoms with Crippen molar-refractivity contribution in [3.8, 4) is 0 Å². The number of halogens is 6. The number of carboxylic acid groups (broad SMARTS) is 1. The van der Waals surface area contributed by atoms with Gasteiger partial charge in [0, 0.05) is 0 Å². The van der Waals surface area contributed by atoms with Crippen LogP contribution in [0.4, 0.5) is 26.3 Å². The van der Waals surface area contributed by atoms with E-state index in [1.165, 1.54) is 0 Å². The van der Waals surface area contributed by atoms with Crippen LogP contribution in [0, 0.1) is 17.8 Å². The van der Waals surface area contributed by atoms with Gasteiger partial charge in [0.1, 0.15) is 0 Å². The molecule has 0 fully saturated rings. The van der Waals surface area contributed by atoms with Gasteiger partial charge in [-0.25, -0.2) is 0 Å². The zero-order valence-corrected chi connectivity index (χ0v) is 12.6. The maximum atomic E-state index is 13.1. The third-order valence-electron chi connectivity index (χ3n) is 3.73. The van der Waals surface area contributed by atoms with Crippen molar-refractivity contribution in [2.45, 2.75) is 64.7 Å². The molecule has 0 amide bonds. The van der Waals surface area contributed by atoms with Crippen LogP contribution in [0.2, 0.25) is 0 Å². The van der Waals surface area contributed by atoms with Crippen LogP contribution in [0.15, 0.2) is 0 Å². The molecule has 2 unspecified atom stereocenters. The zero-order chi connectivity index (χ0) is 17.6. The number of unbranched alkanes of at least 4 members (excludes halogenated alkanes) is 2. The quantitative estimate of drug-likeness (QED) is 0.571. The fourth-order valence-corrected chi connectivity index (χ4v) is 2.57. The first-order valence-electron chi connectivity index (χ1n) is 7.33. The molecule has 0 saturated carbocycles. The summed E-state index contributed by atoms with van der Waals surface area (Å²) in [6.45, 7) is 3.20. The molecule has 0 rings (SSSR count). The molecule has 0 spiro atoms. The summed E-state index contributed by atoms with van der Waals surface area (Å²) in [7, 11) is 0. The maximum Gasteiger partial charge on any atom is 0.392 e. The number of aliphatic carboxylic acids is 1. The van der Waals surface area contributed by atoms with Gasteiger partial charge in [-0.15, -0.1) is 0 Å². The molecule has 0 aromatic rings. The molecule has 1 N–H and O–H groups in total. The van der Waals surface area contributed by atoms with Crippen molar-refractivity contribution in [1.82, 2.24) is 0 Å². The Morgan fingerprint density at radius 3 is 1.36 bits per heavy atom. The number of hydrogen-bond donors (Lipinski definition) is 1. The van der Waals surface area contributed by atoms with Crippen molar-refractivity contribution in [2.75, 3.05) is 0 Å². The highest BCUT2D eigenvalue weighted by molar-refractivity contribution is 5.71. The van der Waals surface area contributed by atoms with E-state index in [4.69, 9.17) is 5.11 Å². The van der Waals surface area contributed by atoms with Gasteiger partial charge in [-0.1, -0.05) is 39.5 Å². The van der Waals surface area contributed by atoms with Crippen LogP contribution in [0.25, 0.3) is 0 Å². The van der Waals surface area contributed by atoms with Crippen LogP contribution in [-0.4, -0.2) is 23.4 Å². The van der Waals surface area contributed by atoms with Crippen molar-refractivity contribution in [2.24, 2.45) is 17.8 Å². The molecular weight excluding hydrogens is 314 g/mol. The van der Waals surface area contributed by atoms with E-state index in [9.17, 15) is 31.1 Å². The Balaban J connectivity index is 5.62. The topological polar surface area (TPSA) is 37.3 Å². The second kappa shape index (κ2) is 8.62. The molecule has 0 bridgehead atoms. The predicted molar refractivity (Wildman–Crippen MR) is 69.3 cm³/mol. The second-order valence-corrected chi connectivity index (χ2v) is 5.44. The van der Waals surface area contributed by atoms with Gasteiger partial charge in [0.15, 0.2) is 0 Å². The lowest BCUT2D eigenvalue weighted by Crippen LogP contribution is -2.44. The van der Waals surface area contributed by atoms with E-state index in [1.54, 1.807) is 13.8 Å². The van der Waals surface area contributed by atoms with E-state index in [2.05, 4.69) is 0 Å². The molecule has 8 heteroatoms. The van der Waals surface area contributed by atoms with E-state index >= 15 is 0 Å². The number of carbonyl (C=O) groups is 1. The van der Waals surface area contributed by atoms with E-state index < -0.39 is 48.9 Å². The molecule has 0 saturated heterocycles. The van der Waals surface area contributed by atoms with Crippen LogP contribution in [0.1, 0.15) is 52.4 Å². The standard InChI is InChI=1S/C14H22F6O2/c1-3-5-7-9(13(15,16)17)11(12(21)22)10(8-6-4-2)14(18,19)20/h9-11H,3-8H2,1-2H3,(H,21,22). The highest BCUT2D eigenvalue weighted by Gasteiger charge is 2.56. The van der Waals surface area contributed by atoms with Gasteiger partial charge in [0.25, 0.3) is 0 Å². The summed E-state index contributed by atoms with van der Waals surface area (Å²) in [5.41, 5.74) is 0. The van der Waals surface area contributed by atoms with Crippen LogP contribution in [0.3, 0.4) is 0 Å². The number of hydrogen-bond acceptors (Lipinski definition) is 1. The lowest BCUT2D eigenvalue weighted by atomic mass is 9.76. The average molecular weight is 336 g/mol. The molecule has 0 aliphatic rings. The molecule has 0 heterocycles. The first kappa shape index (κ1) is 21.0.